The third-order valence-corrected chi connectivity index (χ3v) is 3.97. The first-order chi connectivity index (χ1) is 8.92. The molecule has 0 aromatic rings. The van der Waals surface area contributed by atoms with Gasteiger partial charge in [0.2, 0.25) is 0 Å². The van der Waals surface area contributed by atoms with Gasteiger partial charge >= 0.3 is 12.0 Å². The Morgan fingerprint density at radius 1 is 1.47 bits per heavy atom. The normalized spacial score (nSPS) is 28.5. The van der Waals surface area contributed by atoms with Gasteiger partial charge in [0.15, 0.2) is 0 Å². The molecule has 0 radical (unpaired) electrons. The SMILES string of the molecule is COC(C)CNC(=O)NC1(C(=O)O)CCCCC1C. The predicted octanol–water partition coefficient (Wildman–Crippen LogP) is 1.35. The van der Waals surface area contributed by atoms with E-state index in [-0.39, 0.29) is 12.0 Å². The monoisotopic (exact) mass is 272 g/mol. The molecule has 1 saturated carbocycles. The average Bonchev–Trinajstić information content (AvgIpc) is 2.38. The second-order valence-electron chi connectivity index (χ2n) is 5.30. The van der Waals surface area contributed by atoms with Gasteiger partial charge in [-0.15, -0.1) is 0 Å². The van der Waals surface area contributed by atoms with Gasteiger partial charge in [-0.25, -0.2) is 9.59 Å². The van der Waals surface area contributed by atoms with E-state index in [1.165, 1.54) is 0 Å². The van der Waals surface area contributed by atoms with Crippen LogP contribution in [0.2, 0.25) is 0 Å². The van der Waals surface area contributed by atoms with Crippen LogP contribution >= 0.6 is 0 Å². The lowest BCUT2D eigenvalue weighted by Crippen LogP contribution is -2.62. The molecule has 110 valence electrons. The molecule has 3 atom stereocenters. The maximum absolute atomic E-state index is 11.8. The Labute approximate surface area is 113 Å². The molecule has 6 nitrogen and oxygen atoms in total. The zero-order valence-corrected chi connectivity index (χ0v) is 11.9. The maximum atomic E-state index is 11.8. The van der Waals surface area contributed by atoms with Crippen molar-refractivity contribution < 1.29 is 19.4 Å². The highest BCUT2D eigenvalue weighted by Gasteiger charge is 2.46. The van der Waals surface area contributed by atoms with Gasteiger partial charge in [0.1, 0.15) is 5.54 Å². The van der Waals surface area contributed by atoms with Crippen molar-refractivity contribution in [2.45, 2.75) is 51.2 Å². The molecule has 1 fully saturated rings. The summed E-state index contributed by atoms with van der Waals surface area (Å²) in [6.45, 7) is 4.06. The summed E-state index contributed by atoms with van der Waals surface area (Å²) in [6.07, 6.45) is 3.04. The van der Waals surface area contributed by atoms with Gasteiger partial charge in [-0.3, -0.25) is 0 Å². The summed E-state index contributed by atoms with van der Waals surface area (Å²) in [4.78, 5) is 23.4. The van der Waals surface area contributed by atoms with E-state index in [0.717, 1.165) is 19.3 Å². The first kappa shape index (κ1) is 15.8. The molecule has 0 bridgehead atoms. The molecule has 3 unspecified atom stereocenters. The lowest BCUT2D eigenvalue weighted by Gasteiger charge is -2.39. The number of ether oxygens (including phenoxy) is 1. The minimum Gasteiger partial charge on any atom is -0.479 e. The molecule has 1 aliphatic rings. The highest BCUT2D eigenvalue weighted by molar-refractivity contribution is 5.86. The van der Waals surface area contributed by atoms with E-state index < -0.39 is 17.5 Å². The van der Waals surface area contributed by atoms with Gasteiger partial charge in [0.05, 0.1) is 6.10 Å². The zero-order chi connectivity index (χ0) is 14.5. The van der Waals surface area contributed by atoms with Crippen molar-refractivity contribution in [3.05, 3.63) is 0 Å². The molecule has 0 aromatic heterocycles. The van der Waals surface area contributed by atoms with Crippen LogP contribution in [0.3, 0.4) is 0 Å². The number of hydrogen-bond acceptors (Lipinski definition) is 3. The summed E-state index contributed by atoms with van der Waals surface area (Å²) < 4.78 is 5.03. The number of methoxy groups -OCH3 is 1. The van der Waals surface area contributed by atoms with Crippen LogP contribution in [0.5, 0.6) is 0 Å². The Hall–Kier alpha value is -1.30. The van der Waals surface area contributed by atoms with E-state index in [9.17, 15) is 14.7 Å². The van der Waals surface area contributed by atoms with Gasteiger partial charge in [-0.1, -0.05) is 19.8 Å². The molecule has 6 heteroatoms. The van der Waals surface area contributed by atoms with Crippen molar-refractivity contribution in [3.8, 4) is 0 Å². The number of hydrogen-bond donors (Lipinski definition) is 3. The number of carboxylic acids is 1. The lowest BCUT2D eigenvalue weighted by atomic mass is 9.73. The van der Waals surface area contributed by atoms with Crippen molar-refractivity contribution in [1.82, 2.24) is 10.6 Å². The number of carbonyl (C=O) groups is 2. The summed E-state index contributed by atoms with van der Waals surface area (Å²) >= 11 is 0. The van der Waals surface area contributed by atoms with Crippen molar-refractivity contribution >= 4 is 12.0 Å². The zero-order valence-electron chi connectivity index (χ0n) is 11.9. The van der Waals surface area contributed by atoms with Gasteiger partial charge in [0.25, 0.3) is 0 Å². The van der Waals surface area contributed by atoms with Crippen LogP contribution < -0.4 is 10.6 Å². The fourth-order valence-corrected chi connectivity index (χ4v) is 2.47. The van der Waals surface area contributed by atoms with E-state index in [1.54, 1.807) is 7.11 Å². The minimum atomic E-state index is -1.14. The van der Waals surface area contributed by atoms with E-state index in [0.29, 0.717) is 13.0 Å². The topological polar surface area (TPSA) is 87.7 Å². The Morgan fingerprint density at radius 2 is 2.16 bits per heavy atom. The van der Waals surface area contributed by atoms with E-state index >= 15 is 0 Å². The lowest BCUT2D eigenvalue weighted by molar-refractivity contribution is -0.148. The Balaban J connectivity index is 2.63. The number of amides is 2. The fourth-order valence-electron chi connectivity index (χ4n) is 2.47. The Kier molecular flexibility index (Phi) is 5.60. The quantitative estimate of drug-likeness (QED) is 0.705. The molecule has 1 aliphatic carbocycles. The summed E-state index contributed by atoms with van der Waals surface area (Å²) in [5.74, 6) is -1.01. The third-order valence-electron chi connectivity index (χ3n) is 3.97. The summed E-state index contributed by atoms with van der Waals surface area (Å²) in [6, 6.07) is -0.444. The van der Waals surface area contributed by atoms with Gasteiger partial charge < -0.3 is 20.5 Å². The van der Waals surface area contributed by atoms with Crippen LogP contribution in [0.25, 0.3) is 0 Å². The van der Waals surface area contributed by atoms with Crippen molar-refractivity contribution in [2.75, 3.05) is 13.7 Å². The number of carboxylic acid groups (broad SMARTS) is 1. The number of carbonyl (C=O) groups excluding carboxylic acids is 1. The van der Waals surface area contributed by atoms with Crippen LogP contribution in [0, 0.1) is 5.92 Å². The van der Waals surface area contributed by atoms with Crippen LogP contribution in [-0.2, 0) is 9.53 Å². The molecule has 1 rings (SSSR count). The molecule has 3 N–H and O–H groups in total. The van der Waals surface area contributed by atoms with Gasteiger partial charge in [-0.05, 0) is 25.7 Å². The van der Waals surface area contributed by atoms with Crippen molar-refractivity contribution in [1.29, 1.82) is 0 Å². The van der Waals surface area contributed by atoms with E-state index in [4.69, 9.17) is 4.74 Å². The fraction of sp³-hybridized carbons (Fsp3) is 0.846. The summed E-state index contributed by atoms with van der Waals surface area (Å²) in [5.41, 5.74) is -1.14. The third kappa shape index (κ3) is 3.83. The molecule has 19 heavy (non-hydrogen) atoms. The highest BCUT2D eigenvalue weighted by Crippen LogP contribution is 2.33. The highest BCUT2D eigenvalue weighted by atomic mass is 16.5. The maximum Gasteiger partial charge on any atom is 0.329 e. The largest absolute Gasteiger partial charge is 0.479 e. The molecule has 0 aromatic carbocycles. The first-order valence-corrected chi connectivity index (χ1v) is 6.74. The number of nitrogens with one attached hydrogen (secondary N) is 2. The molecule has 0 aliphatic heterocycles. The van der Waals surface area contributed by atoms with E-state index in [1.807, 2.05) is 13.8 Å². The molecule has 0 heterocycles. The van der Waals surface area contributed by atoms with Crippen molar-refractivity contribution in [3.63, 3.8) is 0 Å². The Morgan fingerprint density at radius 3 is 2.68 bits per heavy atom. The molecular weight excluding hydrogens is 248 g/mol. The second kappa shape index (κ2) is 6.75. The smallest absolute Gasteiger partial charge is 0.329 e. The number of aliphatic carboxylic acids is 1. The molecule has 0 spiro atoms. The van der Waals surface area contributed by atoms with Crippen LogP contribution in [0.4, 0.5) is 4.79 Å². The average molecular weight is 272 g/mol. The van der Waals surface area contributed by atoms with Gasteiger partial charge in [-0.2, -0.15) is 0 Å². The van der Waals surface area contributed by atoms with Gasteiger partial charge in [0, 0.05) is 13.7 Å². The number of rotatable bonds is 5. The number of urea groups is 1. The summed E-state index contributed by atoms with van der Waals surface area (Å²) in [7, 11) is 1.56. The van der Waals surface area contributed by atoms with Crippen LogP contribution in [0.15, 0.2) is 0 Å². The van der Waals surface area contributed by atoms with Crippen LogP contribution in [-0.4, -0.2) is 42.4 Å². The van der Waals surface area contributed by atoms with Crippen LogP contribution in [0.1, 0.15) is 39.5 Å². The molecule has 2 amide bonds. The minimum absolute atomic E-state index is 0.0654. The molecule has 0 saturated heterocycles. The predicted molar refractivity (Wildman–Crippen MR) is 71.0 cm³/mol. The van der Waals surface area contributed by atoms with E-state index in [2.05, 4.69) is 10.6 Å². The first-order valence-electron chi connectivity index (χ1n) is 6.74. The standard InChI is InChI=1S/C13H24N2O4/c1-9-6-4-5-7-13(9,11(16)17)15-12(18)14-8-10(2)19-3/h9-10H,4-8H2,1-3H3,(H,16,17)(H2,14,15,18). The van der Waals surface area contributed by atoms with Crippen molar-refractivity contribution in [2.24, 2.45) is 5.92 Å². The summed E-state index contributed by atoms with van der Waals surface area (Å²) in [5, 5.41) is 14.8. The second-order valence-corrected chi connectivity index (χ2v) is 5.30. The molecular formula is C13H24N2O4. The Bertz CT molecular complexity index is 335.